The van der Waals surface area contributed by atoms with Gasteiger partial charge in [-0.3, -0.25) is 14.7 Å². The quantitative estimate of drug-likeness (QED) is 0.744. The summed E-state index contributed by atoms with van der Waals surface area (Å²) in [6.07, 6.45) is 2.68. The number of carboxylic acids is 1. The zero-order valence-electron chi connectivity index (χ0n) is 10.6. The van der Waals surface area contributed by atoms with Crippen LogP contribution in [0.2, 0.25) is 0 Å². The molecular formula is C12H16BrN3O3. The second-order valence-electron chi connectivity index (χ2n) is 4.88. The van der Waals surface area contributed by atoms with Crippen LogP contribution >= 0.6 is 15.9 Å². The molecule has 104 valence electrons. The van der Waals surface area contributed by atoms with Crippen LogP contribution < -0.4 is 5.32 Å². The molecule has 0 aliphatic heterocycles. The Hall–Kier alpha value is -1.37. The average molecular weight is 330 g/mol. The highest BCUT2D eigenvalue weighted by Crippen LogP contribution is 2.42. The SMILES string of the molecule is CC(CCC(=O)O)NC(=O)c1n[nH]c(C2CC2)c1Br. The van der Waals surface area contributed by atoms with Gasteiger partial charge in [-0.25, -0.2) is 0 Å². The minimum atomic E-state index is -0.863. The van der Waals surface area contributed by atoms with Crippen LogP contribution in [0.15, 0.2) is 4.47 Å². The van der Waals surface area contributed by atoms with Gasteiger partial charge in [0.05, 0.1) is 10.2 Å². The zero-order chi connectivity index (χ0) is 14.0. The van der Waals surface area contributed by atoms with E-state index in [2.05, 4.69) is 31.4 Å². The summed E-state index contributed by atoms with van der Waals surface area (Å²) in [7, 11) is 0. The van der Waals surface area contributed by atoms with Crippen LogP contribution in [0.25, 0.3) is 0 Å². The van der Waals surface area contributed by atoms with Gasteiger partial charge in [0.25, 0.3) is 5.91 Å². The molecule has 1 unspecified atom stereocenters. The molecule has 1 amide bonds. The van der Waals surface area contributed by atoms with Crippen LogP contribution in [0, 0.1) is 0 Å². The summed E-state index contributed by atoms with van der Waals surface area (Å²) in [5, 5.41) is 18.3. The van der Waals surface area contributed by atoms with E-state index in [1.54, 1.807) is 6.92 Å². The molecule has 1 saturated carbocycles. The number of aromatic amines is 1. The van der Waals surface area contributed by atoms with Gasteiger partial charge in [-0.2, -0.15) is 5.10 Å². The number of carboxylic acid groups (broad SMARTS) is 1. The highest BCUT2D eigenvalue weighted by Gasteiger charge is 2.30. The van der Waals surface area contributed by atoms with Gasteiger partial charge >= 0.3 is 5.97 Å². The van der Waals surface area contributed by atoms with Crippen molar-refractivity contribution in [2.75, 3.05) is 0 Å². The van der Waals surface area contributed by atoms with E-state index in [9.17, 15) is 9.59 Å². The second kappa shape index (κ2) is 5.73. The summed E-state index contributed by atoms with van der Waals surface area (Å²) in [6.45, 7) is 1.78. The van der Waals surface area contributed by atoms with Crippen molar-refractivity contribution in [1.82, 2.24) is 15.5 Å². The maximum absolute atomic E-state index is 12.0. The maximum atomic E-state index is 12.0. The number of aromatic nitrogens is 2. The van der Waals surface area contributed by atoms with E-state index in [0.29, 0.717) is 18.0 Å². The minimum Gasteiger partial charge on any atom is -0.481 e. The molecule has 0 bridgehead atoms. The molecule has 0 aromatic carbocycles. The monoisotopic (exact) mass is 329 g/mol. The molecule has 0 saturated heterocycles. The van der Waals surface area contributed by atoms with Crippen LogP contribution in [0.4, 0.5) is 0 Å². The molecule has 1 aliphatic carbocycles. The largest absolute Gasteiger partial charge is 0.481 e. The first-order valence-electron chi connectivity index (χ1n) is 6.25. The number of hydrogen-bond donors (Lipinski definition) is 3. The van der Waals surface area contributed by atoms with Crippen LogP contribution in [0.3, 0.4) is 0 Å². The van der Waals surface area contributed by atoms with Crippen molar-refractivity contribution in [3.05, 3.63) is 15.9 Å². The summed E-state index contributed by atoms with van der Waals surface area (Å²) < 4.78 is 0.720. The van der Waals surface area contributed by atoms with Crippen molar-refractivity contribution in [1.29, 1.82) is 0 Å². The van der Waals surface area contributed by atoms with Crippen molar-refractivity contribution in [2.24, 2.45) is 0 Å². The predicted octanol–water partition coefficient (Wildman–Crippen LogP) is 2.03. The van der Waals surface area contributed by atoms with Gasteiger partial charge in [0.15, 0.2) is 5.69 Å². The maximum Gasteiger partial charge on any atom is 0.303 e. The number of rotatable bonds is 6. The number of nitrogens with zero attached hydrogens (tertiary/aromatic N) is 1. The van der Waals surface area contributed by atoms with Gasteiger partial charge < -0.3 is 10.4 Å². The molecule has 1 fully saturated rings. The van der Waals surface area contributed by atoms with E-state index in [4.69, 9.17) is 5.11 Å². The van der Waals surface area contributed by atoms with Gasteiger partial charge in [-0.05, 0) is 42.1 Å². The molecule has 1 atom stereocenters. The lowest BCUT2D eigenvalue weighted by Gasteiger charge is -2.11. The first kappa shape index (κ1) is 14.0. The molecule has 6 nitrogen and oxygen atoms in total. The summed E-state index contributed by atoms with van der Waals surface area (Å²) in [6, 6.07) is -0.198. The number of aliphatic carboxylic acids is 1. The number of hydrogen-bond acceptors (Lipinski definition) is 3. The Morgan fingerprint density at radius 3 is 2.84 bits per heavy atom. The number of halogens is 1. The fraction of sp³-hybridized carbons (Fsp3) is 0.583. The molecule has 1 aromatic rings. The lowest BCUT2D eigenvalue weighted by molar-refractivity contribution is -0.137. The van der Waals surface area contributed by atoms with Crippen LogP contribution in [0.5, 0.6) is 0 Å². The third kappa shape index (κ3) is 3.56. The lowest BCUT2D eigenvalue weighted by atomic mass is 10.2. The molecule has 1 aliphatic rings. The molecule has 0 radical (unpaired) electrons. The summed E-state index contributed by atoms with van der Waals surface area (Å²) in [4.78, 5) is 22.5. The molecule has 7 heteroatoms. The normalized spacial score (nSPS) is 16.1. The van der Waals surface area contributed by atoms with Gasteiger partial charge in [0, 0.05) is 18.4 Å². The fourth-order valence-electron chi connectivity index (χ4n) is 1.84. The Morgan fingerprint density at radius 2 is 2.26 bits per heavy atom. The molecule has 3 N–H and O–H groups in total. The number of carbonyl (C=O) groups is 2. The van der Waals surface area contributed by atoms with Crippen molar-refractivity contribution in [3.63, 3.8) is 0 Å². The van der Waals surface area contributed by atoms with Crippen LogP contribution in [-0.2, 0) is 4.79 Å². The summed E-state index contributed by atoms with van der Waals surface area (Å²) in [5.41, 5.74) is 1.31. The van der Waals surface area contributed by atoms with Crippen molar-refractivity contribution >= 4 is 27.8 Å². The number of amides is 1. The summed E-state index contributed by atoms with van der Waals surface area (Å²) in [5.74, 6) is -0.668. The van der Waals surface area contributed by atoms with E-state index in [1.807, 2.05) is 0 Å². The number of nitrogens with one attached hydrogen (secondary N) is 2. The highest BCUT2D eigenvalue weighted by atomic mass is 79.9. The highest BCUT2D eigenvalue weighted by molar-refractivity contribution is 9.10. The van der Waals surface area contributed by atoms with E-state index >= 15 is 0 Å². The topological polar surface area (TPSA) is 95.1 Å². The third-order valence-electron chi connectivity index (χ3n) is 3.10. The van der Waals surface area contributed by atoms with E-state index < -0.39 is 5.97 Å². The molecule has 19 heavy (non-hydrogen) atoms. The van der Waals surface area contributed by atoms with Gasteiger partial charge in [0.2, 0.25) is 0 Å². The van der Waals surface area contributed by atoms with Crippen LogP contribution in [-0.4, -0.2) is 33.2 Å². The van der Waals surface area contributed by atoms with E-state index in [1.165, 1.54) is 0 Å². The van der Waals surface area contributed by atoms with E-state index in [0.717, 1.165) is 23.0 Å². The van der Waals surface area contributed by atoms with Crippen molar-refractivity contribution in [2.45, 2.75) is 44.6 Å². The Balaban J connectivity index is 1.94. The van der Waals surface area contributed by atoms with Crippen LogP contribution in [0.1, 0.15) is 54.7 Å². The smallest absolute Gasteiger partial charge is 0.303 e. The van der Waals surface area contributed by atoms with Crippen molar-refractivity contribution in [3.8, 4) is 0 Å². The Labute approximate surface area is 119 Å². The Morgan fingerprint density at radius 1 is 1.58 bits per heavy atom. The van der Waals surface area contributed by atoms with Gasteiger partial charge in [-0.15, -0.1) is 0 Å². The van der Waals surface area contributed by atoms with Gasteiger partial charge in [0.1, 0.15) is 0 Å². The fourth-order valence-corrected chi connectivity index (χ4v) is 2.52. The first-order chi connectivity index (χ1) is 8.99. The lowest BCUT2D eigenvalue weighted by Crippen LogP contribution is -2.33. The second-order valence-corrected chi connectivity index (χ2v) is 5.67. The Bertz CT molecular complexity index is 496. The standard InChI is InChI=1S/C12H16BrN3O3/c1-6(2-5-8(17)18)14-12(19)11-9(13)10(15-16-11)7-3-4-7/h6-7H,2-5H2,1H3,(H,14,19)(H,15,16)(H,17,18). The van der Waals surface area contributed by atoms with E-state index in [-0.39, 0.29) is 18.4 Å². The van der Waals surface area contributed by atoms with Gasteiger partial charge in [-0.1, -0.05) is 0 Å². The zero-order valence-corrected chi connectivity index (χ0v) is 12.2. The molecular weight excluding hydrogens is 314 g/mol. The van der Waals surface area contributed by atoms with Crippen molar-refractivity contribution < 1.29 is 14.7 Å². The molecule has 2 rings (SSSR count). The molecule has 1 heterocycles. The minimum absolute atomic E-state index is 0.0382. The third-order valence-corrected chi connectivity index (χ3v) is 3.90. The molecule has 0 spiro atoms. The average Bonchev–Trinajstić information content (AvgIpc) is 3.10. The number of H-pyrrole nitrogens is 1. The first-order valence-corrected chi connectivity index (χ1v) is 7.04. The molecule has 1 aromatic heterocycles. The Kier molecular flexibility index (Phi) is 4.24. The predicted molar refractivity (Wildman–Crippen MR) is 72.1 cm³/mol. The number of carbonyl (C=O) groups excluding carboxylic acids is 1. The summed E-state index contributed by atoms with van der Waals surface area (Å²) >= 11 is 3.40.